The average Bonchev–Trinajstić information content (AvgIpc) is 3.49. The van der Waals surface area contributed by atoms with Gasteiger partial charge in [0.2, 0.25) is 5.91 Å². The molecule has 2 aromatic rings. The number of likely N-dealkylation sites (N-methyl/N-ethyl adjacent to an activating group) is 1. The van der Waals surface area contributed by atoms with Gasteiger partial charge in [-0.1, -0.05) is 30.3 Å². The highest BCUT2D eigenvalue weighted by atomic mass is 16.2. The lowest BCUT2D eigenvalue weighted by molar-refractivity contribution is -0.132. The number of hydrogen-bond donors (Lipinski definition) is 2. The van der Waals surface area contributed by atoms with E-state index in [0.717, 1.165) is 31.6 Å². The predicted octanol–water partition coefficient (Wildman–Crippen LogP) is 1.26. The van der Waals surface area contributed by atoms with Gasteiger partial charge in [0.1, 0.15) is 11.2 Å². The zero-order valence-electron chi connectivity index (χ0n) is 19.3. The molecular formula is C24H32N6O3. The van der Waals surface area contributed by atoms with Crippen molar-refractivity contribution in [3.63, 3.8) is 0 Å². The maximum absolute atomic E-state index is 13.1. The maximum atomic E-state index is 13.1. The van der Waals surface area contributed by atoms with Crippen LogP contribution in [0.1, 0.15) is 52.7 Å². The Morgan fingerprint density at radius 2 is 1.85 bits per heavy atom. The highest BCUT2D eigenvalue weighted by Crippen LogP contribution is 2.26. The first-order valence-corrected chi connectivity index (χ1v) is 11.6. The zero-order chi connectivity index (χ0) is 23.4. The van der Waals surface area contributed by atoms with E-state index < -0.39 is 5.54 Å². The summed E-state index contributed by atoms with van der Waals surface area (Å²) in [7, 11) is 1.61. The number of fused-ring (bicyclic) bond motifs is 1. The number of rotatable bonds is 8. The van der Waals surface area contributed by atoms with Gasteiger partial charge in [0, 0.05) is 26.2 Å². The Bertz CT molecular complexity index is 1010. The van der Waals surface area contributed by atoms with E-state index in [4.69, 9.17) is 0 Å². The summed E-state index contributed by atoms with van der Waals surface area (Å²) in [6.07, 6.45) is 3.37. The second-order valence-electron chi connectivity index (χ2n) is 9.04. The Hall–Kier alpha value is -3.20. The van der Waals surface area contributed by atoms with Crippen LogP contribution in [0.2, 0.25) is 0 Å². The Morgan fingerprint density at radius 3 is 2.58 bits per heavy atom. The first kappa shape index (κ1) is 23.0. The molecule has 0 bridgehead atoms. The molecule has 1 aromatic heterocycles. The van der Waals surface area contributed by atoms with Crippen LogP contribution in [0.25, 0.3) is 0 Å². The predicted molar refractivity (Wildman–Crippen MR) is 124 cm³/mol. The van der Waals surface area contributed by atoms with E-state index in [0.29, 0.717) is 18.8 Å². The minimum atomic E-state index is -1.12. The monoisotopic (exact) mass is 452 g/mol. The quantitative estimate of drug-likeness (QED) is 0.588. The van der Waals surface area contributed by atoms with Crippen molar-refractivity contribution in [3.05, 3.63) is 53.3 Å². The Labute approximate surface area is 194 Å². The van der Waals surface area contributed by atoms with E-state index in [1.54, 1.807) is 14.0 Å². The molecule has 9 heteroatoms. The van der Waals surface area contributed by atoms with Crippen molar-refractivity contribution < 1.29 is 14.4 Å². The molecule has 0 aliphatic carbocycles. The number of aromatic nitrogens is 2. The van der Waals surface area contributed by atoms with Crippen LogP contribution in [0, 0.1) is 0 Å². The molecule has 1 atom stereocenters. The third kappa shape index (κ3) is 4.93. The summed E-state index contributed by atoms with van der Waals surface area (Å²) in [6, 6.07) is 11.1. The summed E-state index contributed by atoms with van der Waals surface area (Å²) in [4.78, 5) is 42.5. The number of likely N-dealkylation sites (tertiary alicyclic amines) is 1. The minimum absolute atomic E-state index is 0.174. The molecule has 4 rings (SSSR count). The lowest BCUT2D eigenvalue weighted by Crippen LogP contribution is -2.62. The lowest BCUT2D eigenvalue weighted by Gasteiger charge is -2.40. The molecule has 33 heavy (non-hydrogen) atoms. The highest BCUT2D eigenvalue weighted by Gasteiger charge is 2.46. The van der Waals surface area contributed by atoms with Crippen LogP contribution >= 0.6 is 0 Å². The Kier molecular flexibility index (Phi) is 6.78. The van der Waals surface area contributed by atoms with Crippen molar-refractivity contribution in [3.8, 4) is 0 Å². The summed E-state index contributed by atoms with van der Waals surface area (Å²) >= 11 is 0. The standard InChI is InChI=1S/C24H32N6O3/c1-24(23(33)26-16-18-9-4-3-5-10-18)17-30-20(22(32)28(24)2)15-19(27-30)21(31)25-11-8-14-29-12-6-7-13-29/h3-5,9-10,15H,6-8,11-14,16-17H2,1-2H3,(H,25,31)(H,26,33)/t24-/m1/s1. The first-order valence-electron chi connectivity index (χ1n) is 11.6. The summed E-state index contributed by atoms with van der Waals surface area (Å²) in [5.41, 5.74) is 0.367. The van der Waals surface area contributed by atoms with Crippen LogP contribution < -0.4 is 10.6 Å². The van der Waals surface area contributed by atoms with E-state index in [-0.39, 0.29) is 30.0 Å². The van der Waals surface area contributed by atoms with Gasteiger partial charge in [-0.05, 0) is 51.4 Å². The van der Waals surface area contributed by atoms with E-state index in [1.807, 2.05) is 30.3 Å². The molecule has 2 N–H and O–H groups in total. The number of nitrogens with one attached hydrogen (secondary N) is 2. The van der Waals surface area contributed by atoms with Crippen LogP contribution in [0.5, 0.6) is 0 Å². The molecule has 3 heterocycles. The molecule has 0 spiro atoms. The normalized spacial score (nSPS) is 20.5. The van der Waals surface area contributed by atoms with Crippen molar-refractivity contribution in [2.45, 2.75) is 44.8 Å². The van der Waals surface area contributed by atoms with Crippen molar-refractivity contribution >= 4 is 17.7 Å². The van der Waals surface area contributed by atoms with Gasteiger partial charge in [-0.15, -0.1) is 0 Å². The fourth-order valence-electron chi connectivity index (χ4n) is 4.41. The first-order chi connectivity index (χ1) is 15.9. The average molecular weight is 453 g/mol. The van der Waals surface area contributed by atoms with Crippen molar-refractivity contribution in [2.75, 3.05) is 33.2 Å². The fraction of sp³-hybridized carbons (Fsp3) is 0.500. The van der Waals surface area contributed by atoms with Crippen molar-refractivity contribution in [1.29, 1.82) is 0 Å². The second-order valence-corrected chi connectivity index (χ2v) is 9.04. The number of carbonyl (C=O) groups is 3. The molecule has 1 fully saturated rings. The third-order valence-corrected chi connectivity index (χ3v) is 6.65. The van der Waals surface area contributed by atoms with Gasteiger partial charge in [-0.2, -0.15) is 5.10 Å². The van der Waals surface area contributed by atoms with Gasteiger partial charge >= 0.3 is 0 Å². The molecule has 3 amide bonds. The molecule has 9 nitrogen and oxygen atoms in total. The van der Waals surface area contributed by atoms with Crippen molar-refractivity contribution in [2.24, 2.45) is 0 Å². The minimum Gasteiger partial charge on any atom is -0.351 e. The van der Waals surface area contributed by atoms with E-state index >= 15 is 0 Å². The summed E-state index contributed by atoms with van der Waals surface area (Å²) in [6.45, 7) is 6.06. The number of benzene rings is 1. The number of nitrogens with zero attached hydrogens (tertiary/aromatic N) is 4. The smallest absolute Gasteiger partial charge is 0.272 e. The van der Waals surface area contributed by atoms with E-state index in [9.17, 15) is 14.4 Å². The molecule has 1 aromatic carbocycles. The SMILES string of the molecule is CN1C(=O)c2cc(C(=O)NCCCN3CCCC3)nn2C[C@]1(C)C(=O)NCc1ccccc1. The number of carbonyl (C=O) groups excluding carboxylic acids is 3. The number of amides is 3. The molecular weight excluding hydrogens is 420 g/mol. The van der Waals surface area contributed by atoms with Crippen LogP contribution in [0.15, 0.2) is 36.4 Å². The lowest BCUT2D eigenvalue weighted by atomic mass is 9.96. The summed E-state index contributed by atoms with van der Waals surface area (Å²) in [5, 5.41) is 10.2. The van der Waals surface area contributed by atoms with Gasteiger partial charge in [0.05, 0.1) is 6.54 Å². The number of hydrogen-bond acceptors (Lipinski definition) is 5. The second kappa shape index (κ2) is 9.74. The van der Waals surface area contributed by atoms with Gasteiger partial charge in [0.25, 0.3) is 11.8 Å². The molecule has 176 valence electrons. The summed E-state index contributed by atoms with van der Waals surface area (Å²) in [5.74, 6) is -0.903. The fourth-order valence-corrected chi connectivity index (χ4v) is 4.41. The molecule has 0 saturated carbocycles. The van der Waals surface area contributed by atoms with Crippen molar-refractivity contribution in [1.82, 2.24) is 30.2 Å². The van der Waals surface area contributed by atoms with Gasteiger partial charge < -0.3 is 20.4 Å². The molecule has 0 unspecified atom stereocenters. The largest absolute Gasteiger partial charge is 0.351 e. The molecule has 1 saturated heterocycles. The van der Waals surface area contributed by atoms with E-state index in [1.165, 1.54) is 28.5 Å². The van der Waals surface area contributed by atoms with Gasteiger partial charge in [-0.25, -0.2) is 0 Å². The van der Waals surface area contributed by atoms with Crippen LogP contribution in [-0.4, -0.2) is 76.1 Å². The topological polar surface area (TPSA) is 99.6 Å². The van der Waals surface area contributed by atoms with Crippen LogP contribution in [-0.2, 0) is 17.9 Å². The molecule has 2 aliphatic rings. The van der Waals surface area contributed by atoms with Gasteiger partial charge in [-0.3, -0.25) is 19.1 Å². The third-order valence-electron chi connectivity index (χ3n) is 6.65. The molecule has 0 radical (unpaired) electrons. The Balaban J connectivity index is 1.38. The summed E-state index contributed by atoms with van der Waals surface area (Å²) < 4.78 is 1.48. The Morgan fingerprint density at radius 1 is 1.12 bits per heavy atom. The zero-order valence-corrected chi connectivity index (χ0v) is 19.3. The van der Waals surface area contributed by atoms with Crippen LogP contribution in [0.3, 0.4) is 0 Å². The van der Waals surface area contributed by atoms with Gasteiger partial charge in [0.15, 0.2) is 5.69 Å². The highest BCUT2D eigenvalue weighted by molar-refractivity contribution is 6.01. The maximum Gasteiger partial charge on any atom is 0.272 e. The molecule has 2 aliphatic heterocycles. The van der Waals surface area contributed by atoms with Crippen LogP contribution in [0.4, 0.5) is 0 Å². The van der Waals surface area contributed by atoms with E-state index in [2.05, 4.69) is 20.6 Å².